The molecule has 0 aromatic heterocycles. The van der Waals surface area contributed by atoms with E-state index in [-0.39, 0.29) is 17.1 Å². The Morgan fingerprint density at radius 3 is 2.41 bits per heavy atom. The average molecular weight is 495 g/mol. The Morgan fingerprint density at radius 2 is 1.68 bits per heavy atom. The fourth-order valence-electron chi connectivity index (χ4n) is 4.11. The molecule has 0 saturated carbocycles. The molecule has 0 radical (unpaired) electrons. The Balaban J connectivity index is 1.55. The van der Waals surface area contributed by atoms with Crippen molar-refractivity contribution in [3.05, 3.63) is 48.0 Å². The van der Waals surface area contributed by atoms with Crippen LogP contribution in [0.3, 0.4) is 0 Å². The standard InChI is InChI=1S/C23H28F2N4O4S/c24-17-4-6-19(25)20(14-17)27-23(30)16-26-21-15-18(34(31,32)29-8-2-1-3-9-29)5-7-22(21)28-10-12-33-13-11-28/h4-7,14-15,26H,1-3,8-13,16H2,(H,27,30). The van der Waals surface area contributed by atoms with Crippen molar-refractivity contribution in [2.45, 2.75) is 24.2 Å². The lowest BCUT2D eigenvalue weighted by molar-refractivity contribution is -0.114. The molecule has 34 heavy (non-hydrogen) atoms. The van der Waals surface area contributed by atoms with Crippen LogP contribution in [-0.4, -0.2) is 64.6 Å². The minimum absolute atomic E-state index is 0.144. The van der Waals surface area contributed by atoms with E-state index in [0.717, 1.165) is 43.1 Å². The summed E-state index contributed by atoms with van der Waals surface area (Å²) in [7, 11) is -3.67. The van der Waals surface area contributed by atoms with Crippen LogP contribution in [0.5, 0.6) is 0 Å². The first-order chi connectivity index (χ1) is 16.3. The predicted octanol–water partition coefficient (Wildman–Crippen LogP) is 3.03. The van der Waals surface area contributed by atoms with E-state index in [1.807, 2.05) is 4.90 Å². The van der Waals surface area contributed by atoms with E-state index >= 15 is 0 Å². The average Bonchev–Trinajstić information content (AvgIpc) is 2.86. The number of ether oxygens (including phenoxy) is 1. The fraction of sp³-hybridized carbons (Fsp3) is 0.435. The molecule has 2 aromatic rings. The van der Waals surface area contributed by atoms with Gasteiger partial charge in [-0.2, -0.15) is 4.31 Å². The molecule has 2 heterocycles. The van der Waals surface area contributed by atoms with Crippen molar-refractivity contribution < 1.29 is 26.7 Å². The molecule has 0 unspecified atom stereocenters. The molecule has 0 bridgehead atoms. The summed E-state index contributed by atoms with van der Waals surface area (Å²) in [5.41, 5.74) is 0.946. The summed E-state index contributed by atoms with van der Waals surface area (Å²) in [4.78, 5) is 14.6. The number of benzene rings is 2. The van der Waals surface area contributed by atoms with Crippen molar-refractivity contribution in [2.75, 3.05) is 61.5 Å². The van der Waals surface area contributed by atoms with E-state index in [1.165, 1.54) is 10.4 Å². The Labute approximate surface area is 197 Å². The molecule has 0 spiro atoms. The van der Waals surface area contributed by atoms with Gasteiger partial charge in [0.2, 0.25) is 15.9 Å². The molecule has 2 fully saturated rings. The van der Waals surface area contributed by atoms with Crippen molar-refractivity contribution >= 4 is 33.0 Å². The maximum absolute atomic E-state index is 13.9. The van der Waals surface area contributed by atoms with Crippen LogP contribution in [0.1, 0.15) is 19.3 Å². The second-order valence-corrected chi connectivity index (χ2v) is 10.2. The minimum atomic E-state index is -3.67. The minimum Gasteiger partial charge on any atom is -0.378 e. The van der Waals surface area contributed by atoms with E-state index in [9.17, 15) is 22.0 Å². The van der Waals surface area contributed by atoms with Gasteiger partial charge in [-0.05, 0) is 43.2 Å². The maximum atomic E-state index is 13.9. The molecule has 2 saturated heterocycles. The highest BCUT2D eigenvalue weighted by atomic mass is 32.2. The molecule has 11 heteroatoms. The van der Waals surface area contributed by atoms with Gasteiger partial charge in [-0.1, -0.05) is 6.42 Å². The second-order valence-electron chi connectivity index (χ2n) is 8.27. The number of nitrogens with one attached hydrogen (secondary N) is 2. The van der Waals surface area contributed by atoms with Gasteiger partial charge in [-0.15, -0.1) is 0 Å². The highest BCUT2D eigenvalue weighted by Crippen LogP contribution is 2.31. The molecule has 2 aliphatic rings. The van der Waals surface area contributed by atoms with Gasteiger partial charge in [0.1, 0.15) is 11.6 Å². The zero-order valence-electron chi connectivity index (χ0n) is 18.7. The first-order valence-electron chi connectivity index (χ1n) is 11.3. The van der Waals surface area contributed by atoms with Gasteiger partial charge in [0.05, 0.1) is 41.7 Å². The largest absolute Gasteiger partial charge is 0.378 e. The van der Waals surface area contributed by atoms with Crippen LogP contribution < -0.4 is 15.5 Å². The SMILES string of the molecule is O=C(CNc1cc(S(=O)(=O)N2CCCCC2)ccc1N1CCOCC1)Nc1cc(F)ccc1F. The number of amides is 1. The summed E-state index contributed by atoms with van der Waals surface area (Å²) in [5, 5.41) is 5.33. The van der Waals surface area contributed by atoms with Gasteiger partial charge >= 0.3 is 0 Å². The highest BCUT2D eigenvalue weighted by molar-refractivity contribution is 7.89. The first kappa shape index (κ1) is 24.4. The van der Waals surface area contributed by atoms with E-state index in [2.05, 4.69) is 10.6 Å². The number of hydrogen-bond acceptors (Lipinski definition) is 6. The number of sulfonamides is 1. The Kier molecular flexibility index (Phi) is 7.64. The van der Waals surface area contributed by atoms with E-state index in [0.29, 0.717) is 45.1 Å². The lowest BCUT2D eigenvalue weighted by Gasteiger charge is -2.31. The lowest BCUT2D eigenvalue weighted by Crippen LogP contribution is -2.37. The number of anilines is 3. The number of rotatable bonds is 7. The zero-order chi connectivity index (χ0) is 24.1. The molecule has 2 aromatic carbocycles. The number of hydrogen-bond donors (Lipinski definition) is 2. The van der Waals surface area contributed by atoms with Gasteiger partial charge < -0.3 is 20.3 Å². The van der Waals surface area contributed by atoms with E-state index in [1.54, 1.807) is 12.1 Å². The fourth-order valence-corrected chi connectivity index (χ4v) is 5.66. The number of morpholine rings is 1. The predicted molar refractivity (Wildman–Crippen MR) is 126 cm³/mol. The van der Waals surface area contributed by atoms with Crippen molar-refractivity contribution in [1.82, 2.24) is 4.31 Å². The molecule has 0 atom stereocenters. The smallest absolute Gasteiger partial charge is 0.243 e. The van der Waals surface area contributed by atoms with E-state index in [4.69, 9.17) is 4.74 Å². The van der Waals surface area contributed by atoms with Crippen LogP contribution in [-0.2, 0) is 19.6 Å². The van der Waals surface area contributed by atoms with Crippen molar-refractivity contribution in [1.29, 1.82) is 0 Å². The van der Waals surface area contributed by atoms with Gasteiger partial charge in [0.15, 0.2) is 0 Å². The van der Waals surface area contributed by atoms with Crippen LogP contribution in [0.4, 0.5) is 25.8 Å². The molecule has 1 amide bonds. The molecule has 0 aliphatic carbocycles. The van der Waals surface area contributed by atoms with Crippen LogP contribution >= 0.6 is 0 Å². The number of piperidine rings is 1. The molecule has 2 aliphatic heterocycles. The molecule has 4 rings (SSSR count). The summed E-state index contributed by atoms with van der Waals surface area (Å²) < 4.78 is 60.5. The summed E-state index contributed by atoms with van der Waals surface area (Å²) >= 11 is 0. The van der Waals surface area contributed by atoms with Gasteiger partial charge in [-0.25, -0.2) is 17.2 Å². The van der Waals surface area contributed by atoms with Gasteiger partial charge in [0, 0.05) is 32.2 Å². The van der Waals surface area contributed by atoms with Gasteiger partial charge in [-0.3, -0.25) is 4.79 Å². The van der Waals surface area contributed by atoms with Crippen LogP contribution in [0.2, 0.25) is 0 Å². The third kappa shape index (κ3) is 5.65. The van der Waals surface area contributed by atoms with Crippen molar-refractivity contribution in [3.8, 4) is 0 Å². The van der Waals surface area contributed by atoms with Crippen molar-refractivity contribution in [2.24, 2.45) is 0 Å². The molecular weight excluding hydrogens is 466 g/mol. The summed E-state index contributed by atoms with van der Waals surface area (Å²) in [6.07, 6.45) is 2.66. The van der Waals surface area contributed by atoms with Crippen molar-refractivity contribution in [3.63, 3.8) is 0 Å². The second kappa shape index (κ2) is 10.7. The molecule has 184 valence electrons. The summed E-state index contributed by atoms with van der Waals surface area (Å²) in [6, 6.07) is 7.65. The number of halogens is 2. The lowest BCUT2D eigenvalue weighted by atomic mass is 10.2. The number of carbonyl (C=O) groups excluding carboxylic acids is 1. The van der Waals surface area contributed by atoms with Gasteiger partial charge in [0.25, 0.3) is 0 Å². The molecular formula is C23H28F2N4O4S. The maximum Gasteiger partial charge on any atom is 0.243 e. The summed E-state index contributed by atoms with van der Waals surface area (Å²) in [5.74, 6) is -2.02. The Bertz CT molecular complexity index is 1130. The molecule has 2 N–H and O–H groups in total. The third-order valence-electron chi connectivity index (χ3n) is 5.91. The zero-order valence-corrected chi connectivity index (χ0v) is 19.5. The van der Waals surface area contributed by atoms with Crippen LogP contribution in [0.25, 0.3) is 0 Å². The number of carbonyl (C=O) groups is 1. The van der Waals surface area contributed by atoms with Crippen LogP contribution in [0, 0.1) is 11.6 Å². The Morgan fingerprint density at radius 1 is 0.941 bits per heavy atom. The van der Waals surface area contributed by atoms with E-state index < -0.39 is 27.6 Å². The highest BCUT2D eigenvalue weighted by Gasteiger charge is 2.27. The normalized spacial score (nSPS) is 17.4. The first-order valence-corrected chi connectivity index (χ1v) is 12.7. The van der Waals surface area contributed by atoms with Crippen LogP contribution in [0.15, 0.2) is 41.3 Å². The monoisotopic (exact) mass is 494 g/mol. The molecule has 8 nitrogen and oxygen atoms in total. The Hall–Kier alpha value is -2.76. The topological polar surface area (TPSA) is 91.0 Å². The summed E-state index contributed by atoms with van der Waals surface area (Å²) in [6.45, 7) is 3.01. The number of nitrogens with zero attached hydrogens (tertiary/aromatic N) is 2. The quantitative estimate of drug-likeness (QED) is 0.615. The third-order valence-corrected chi connectivity index (χ3v) is 7.81.